The minimum Gasteiger partial charge on any atom is -0.474 e. The number of ether oxygens (including phenoxy) is 1. The van der Waals surface area contributed by atoms with E-state index in [-0.39, 0.29) is 23.0 Å². The highest BCUT2D eigenvalue weighted by Crippen LogP contribution is 2.37. The minimum absolute atomic E-state index is 0.0763. The van der Waals surface area contributed by atoms with Gasteiger partial charge in [-0.3, -0.25) is 4.79 Å². The quantitative estimate of drug-likeness (QED) is 0.407. The van der Waals surface area contributed by atoms with E-state index >= 15 is 0 Å². The van der Waals surface area contributed by atoms with E-state index in [1.54, 1.807) is 6.07 Å². The summed E-state index contributed by atoms with van der Waals surface area (Å²) in [5.74, 6) is -0.177. The number of pyridine rings is 2. The molecule has 0 atom stereocenters. The van der Waals surface area contributed by atoms with Crippen LogP contribution in [0.25, 0.3) is 22.2 Å². The molecule has 8 heteroatoms. The molecule has 0 unspecified atom stereocenters. The molecule has 0 amide bonds. The monoisotopic (exact) mass is 381 g/mol. The SMILES string of the molecule is Cc1cc2[nH]c(=O)c(N)c(-c3ccc(F)c(N)c3C=N)c2nc1OC1CCC1. The number of halogens is 1. The van der Waals surface area contributed by atoms with Crippen LogP contribution < -0.4 is 21.8 Å². The number of aromatic amines is 1. The maximum Gasteiger partial charge on any atom is 0.272 e. The molecule has 28 heavy (non-hydrogen) atoms. The van der Waals surface area contributed by atoms with Crippen LogP contribution in [-0.2, 0) is 0 Å². The molecule has 1 saturated carbocycles. The van der Waals surface area contributed by atoms with Crippen LogP contribution in [0.15, 0.2) is 23.0 Å². The second-order valence-electron chi connectivity index (χ2n) is 6.99. The fraction of sp³-hybridized carbons (Fsp3) is 0.250. The standard InChI is InChI=1S/C20H20FN5O2/c1-9-7-14-18(26-20(9)28-10-3-2-4-10)15(17(24)19(27)25-14)11-5-6-13(21)16(23)12(11)8-22/h5-8,10,22H,2-4,23-24H2,1H3,(H,25,27). The lowest BCUT2D eigenvalue weighted by atomic mass is 9.95. The number of H-pyrrole nitrogens is 1. The van der Waals surface area contributed by atoms with Crippen molar-refractivity contribution >= 4 is 28.6 Å². The molecule has 0 spiro atoms. The van der Waals surface area contributed by atoms with E-state index in [0.717, 1.165) is 31.0 Å². The molecule has 144 valence electrons. The van der Waals surface area contributed by atoms with Crippen molar-refractivity contribution in [3.8, 4) is 17.0 Å². The largest absolute Gasteiger partial charge is 0.474 e. The zero-order valence-electron chi connectivity index (χ0n) is 15.3. The average Bonchev–Trinajstić information content (AvgIpc) is 2.63. The van der Waals surface area contributed by atoms with E-state index in [1.807, 2.05) is 6.92 Å². The summed E-state index contributed by atoms with van der Waals surface area (Å²) >= 11 is 0. The van der Waals surface area contributed by atoms with Crippen molar-refractivity contribution in [1.82, 2.24) is 9.97 Å². The number of rotatable bonds is 4. The summed E-state index contributed by atoms with van der Waals surface area (Å²) < 4.78 is 19.9. The third-order valence-electron chi connectivity index (χ3n) is 5.14. The molecule has 4 rings (SSSR count). The van der Waals surface area contributed by atoms with Gasteiger partial charge in [0.05, 0.1) is 11.2 Å². The van der Waals surface area contributed by atoms with Gasteiger partial charge in [-0.1, -0.05) is 6.07 Å². The first-order chi connectivity index (χ1) is 13.4. The van der Waals surface area contributed by atoms with Crippen LogP contribution in [-0.4, -0.2) is 22.3 Å². The lowest BCUT2D eigenvalue weighted by molar-refractivity contribution is 0.114. The van der Waals surface area contributed by atoms with Gasteiger partial charge in [0.25, 0.3) is 5.56 Å². The molecule has 7 nitrogen and oxygen atoms in total. The van der Waals surface area contributed by atoms with Gasteiger partial charge in [-0.2, -0.15) is 0 Å². The Hall–Kier alpha value is -3.42. The smallest absolute Gasteiger partial charge is 0.272 e. The van der Waals surface area contributed by atoms with Gasteiger partial charge in [0.1, 0.15) is 23.1 Å². The first-order valence-electron chi connectivity index (χ1n) is 8.99. The molecule has 1 aliphatic rings. The number of fused-ring (bicyclic) bond motifs is 1. The number of nitrogens with one attached hydrogen (secondary N) is 2. The van der Waals surface area contributed by atoms with E-state index in [9.17, 15) is 9.18 Å². The highest BCUT2D eigenvalue weighted by atomic mass is 19.1. The van der Waals surface area contributed by atoms with Gasteiger partial charge in [0.15, 0.2) is 0 Å². The molecule has 2 heterocycles. The number of anilines is 2. The molecule has 1 fully saturated rings. The van der Waals surface area contributed by atoms with Gasteiger partial charge < -0.3 is 26.6 Å². The lowest BCUT2D eigenvalue weighted by Crippen LogP contribution is -2.25. The highest BCUT2D eigenvalue weighted by Gasteiger charge is 2.23. The number of aryl methyl sites for hydroxylation is 1. The topological polar surface area (TPSA) is 131 Å². The van der Waals surface area contributed by atoms with E-state index < -0.39 is 11.4 Å². The van der Waals surface area contributed by atoms with Gasteiger partial charge in [0, 0.05) is 22.9 Å². The Morgan fingerprint density at radius 2 is 2.07 bits per heavy atom. The molecule has 0 aliphatic heterocycles. The van der Waals surface area contributed by atoms with Gasteiger partial charge in [-0.25, -0.2) is 9.37 Å². The van der Waals surface area contributed by atoms with Crippen LogP contribution in [0.4, 0.5) is 15.8 Å². The van der Waals surface area contributed by atoms with Crippen molar-refractivity contribution in [1.29, 1.82) is 5.41 Å². The molecule has 1 aromatic carbocycles. The molecule has 6 N–H and O–H groups in total. The molecule has 2 aromatic heterocycles. The van der Waals surface area contributed by atoms with Crippen molar-refractivity contribution in [3.05, 3.63) is 45.5 Å². The Bertz CT molecular complexity index is 1170. The summed E-state index contributed by atoms with van der Waals surface area (Å²) in [6.07, 6.45) is 4.16. The first kappa shape index (κ1) is 18.0. The zero-order valence-corrected chi connectivity index (χ0v) is 15.3. The first-order valence-corrected chi connectivity index (χ1v) is 8.99. The van der Waals surface area contributed by atoms with E-state index in [1.165, 1.54) is 12.1 Å². The Morgan fingerprint density at radius 3 is 2.71 bits per heavy atom. The van der Waals surface area contributed by atoms with Gasteiger partial charge in [-0.05, 0) is 43.9 Å². The number of aromatic nitrogens is 2. The van der Waals surface area contributed by atoms with Crippen LogP contribution in [0.1, 0.15) is 30.4 Å². The summed E-state index contributed by atoms with van der Waals surface area (Å²) in [7, 11) is 0. The highest BCUT2D eigenvalue weighted by molar-refractivity contribution is 6.05. The molecule has 0 radical (unpaired) electrons. The van der Waals surface area contributed by atoms with Gasteiger partial charge in [-0.15, -0.1) is 0 Å². The Balaban J connectivity index is 2.03. The van der Waals surface area contributed by atoms with Gasteiger partial charge in [0.2, 0.25) is 5.88 Å². The molecule has 0 saturated heterocycles. The molecule has 1 aliphatic carbocycles. The predicted molar refractivity (Wildman–Crippen MR) is 107 cm³/mol. The van der Waals surface area contributed by atoms with Crippen LogP contribution >= 0.6 is 0 Å². The summed E-state index contributed by atoms with van der Waals surface area (Å²) in [6.45, 7) is 1.85. The van der Waals surface area contributed by atoms with E-state index in [2.05, 4.69) is 9.97 Å². The van der Waals surface area contributed by atoms with E-state index in [4.69, 9.17) is 21.6 Å². The second-order valence-corrected chi connectivity index (χ2v) is 6.99. The third kappa shape index (κ3) is 2.77. The summed E-state index contributed by atoms with van der Waals surface area (Å²) in [5.41, 5.74) is 13.6. The van der Waals surface area contributed by atoms with Crippen molar-refractivity contribution in [3.63, 3.8) is 0 Å². The number of hydrogen-bond donors (Lipinski definition) is 4. The fourth-order valence-electron chi connectivity index (χ4n) is 3.33. The second kappa shape index (κ2) is 6.63. The van der Waals surface area contributed by atoms with Crippen LogP contribution in [0.2, 0.25) is 0 Å². The van der Waals surface area contributed by atoms with Crippen molar-refractivity contribution < 1.29 is 9.13 Å². The molecule has 3 aromatic rings. The summed E-state index contributed by atoms with van der Waals surface area (Å²) in [5, 5.41) is 7.66. The number of hydrogen-bond acceptors (Lipinski definition) is 6. The Kier molecular flexibility index (Phi) is 4.26. The normalized spacial score (nSPS) is 14.1. The fourth-order valence-corrected chi connectivity index (χ4v) is 3.33. The van der Waals surface area contributed by atoms with Crippen LogP contribution in [0.5, 0.6) is 5.88 Å². The maximum absolute atomic E-state index is 13.9. The van der Waals surface area contributed by atoms with Crippen molar-refractivity contribution in [2.24, 2.45) is 0 Å². The summed E-state index contributed by atoms with van der Waals surface area (Å²) in [6, 6.07) is 4.41. The number of nitrogens with zero attached hydrogens (tertiary/aromatic N) is 1. The Labute approximate surface area is 160 Å². The van der Waals surface area contributed by atoms with Crippen molar-refractivity contribution in [2.45, 2.75) is 32.3 Å². The van der Waals surface area contributed by atoms with Gasteiger partial charge >= 0.3 is 0 Å². The Morgan fingerprint density at radius 1 is 1.32 bits per heavy atom. The molecule has 0 bridgehead atoms. The van der Waals surface area contributed by atoms with Crippen LogP contribution in [0.3, 0.4) is 0 Å². The number of nitrogens with two attached hydrogens (primary N) is 2. The average molecular weight is 381 g/mol. The maximum atomic E-state index is 13.9. The molecular weight excluding hydrogens is 361 g/mol. The zero-order chi connectivity index (χ0) is 20.0. The molecular formula is C20H20FN5O2. The van der Waals surface area contributed by atoms with E-state index in [0.29, 0.717) is 28.0 Å². The number of nitrogen functional groups attached to an aromatic ring is 2. The predicted octanol–water partition coefficient (Wildman–Crippen LogP) is 3.13. The number of benzene rings is 1. The third-order valence-corrected chi connectivity index (χ3v) is 5.14. The lowest BCUT2D eigenvalue weighted by Gasteiger charge is -2.26. The summed E-state index contributed by atoms with van der Waals surface area (Å²) in [4.78, 5) is 19.7. The minimum atomic E-state index is -0.646. The van der Waals surface area contributed by atoms with Crippen molar-refractivity contribution in [2.75, 3.05) is 11.5 Å². The van der Waals surface area contributed by atoms with Crippen LogP contribution in [0, 0.1) is 18.2 Å².